The van der Waals surface area contributed by atoms with Crippen molar-refractivity contribution in [1.82, 2.24) is 15.5 Å². The molecule has 2 aliphatic heterocycles. The lowest BCUT2D eigenvalue weighted by atomic mass is 9.81. The number of likely N-dealkylation sites (tertiary alicyclic amines) is 1. The van der Waals surface area contributed by atoms with E-state index in [9.17, 15) is 19.7 Å². The molecule has 0 spiro atoms. The highest BCUT2D eigenvalue weighted by Gasteiger charge is 2.36. The molecule has 0 radical (unpaired) electrons. The maximum atomic E-state index is 12.9. The van der Waals surface area contributed by atoms with Gasteiger partial charge >= 0.3 is 0 Å². The Morgan fingerprint density at radius 1 is 1.36 bits per heavy atom. The third kappa shape index (κ3) is 4.32. The topological polar surface area (TPSA) is 105 Å². The zero-order valence-corrected chi connectivity index (χ0v) is 16.5. The maximum Gasteiger partial charge on any atom is 0.272 e. The molecule has 2 aliphatic rings. The van der Waals surface area contributed by atoms with E-state index < -0.39 is 11.0 Å². The quantitative estimate of drug-likeness (QED) is 0.593. The van der Waals surface area contributed by atoms with E-state index >= 15 is 0 Å². The van der Waals surface area contributed by atoms with Crippen molar-refractivity contribution >= 4 is 17.5 Å². The van der Waals surface area contributed by atoms with Crippen LogP contribution in [0.25, 0.3) is 0 Å². The summed E-state index contributed by atoms with van der Waals surface area (Å²) in [5.74, 6) is -0.354. The zero-order chi connectivity index (χ0) is 20.3. The highest BCUT2D eigenvalue weighted by molar-refractivity contribution is 5.98. The van der Waals surface area contributed by atoms with E-state index in [1.807, 2.05) is 0 Å². The van der Waals surface area contributed by atoms with E-state index in [1.165, 1.54) is 18.2 Å². The maximum absolute atomic E-state index is 12.9. The summed E-state index contributed by atoms with van der Waals surface area (Å²) in [6, 6.07) is 3.88. The summed E-state index contributed by atoms with van der Waals surface area (Å²) in [5, 5.41) is 17.4. The molecule has 1 unspecified atom stereocenters. The number of rotatable bonds is 5. The van der Waals surface area contributed by atoms with Crippen LogP contribution in [-0.4, -0.2) is 53.9 Å². The molecule has 28 heavy (non-hydrogen) atoms. The number of carbonyl (C=O) groups excluding carboxylic acids is 2. The van der Waals surface area contributed by atoms with Crippen molar-refractivity contribution in [3.05, 3.63) is 39.4 Å². The van der Waals surface area contributed by atoms with Gasteiger partial charge in [-0.2, -0.15) is 0 Å². The molecule has 8 heteroatoms. The Kier molecular flexibility index (Phi) is 5.98. The summed E-state index contributed by atoms with van der Waals surface area (Å²) in [6.07, 6.45) is 3.45. The van der Waals surface area contributed by atoms with Gasteiger partial charge in [-0.1, -0.05) is 6.92 Å². The molecule has 2 amide bonds. The summed E-state index contributed by atoms with van der Waals surface area (Å²) >= 11 is 0. The minimum absolute atomic E-state index is 0.0116. The summed E-state index contributed by atoms with van der Waals surface area (Å²) in [5.41, 5.74) is 0.898. The molecule has 1 aromatic rings. The van der Waals surface area contributed by atoms with Crippen molar-refractivity contribution < 1.29 is 14.5 Å². The van der Waals surface area contributed by atoms with Crippen LogP contribution in [0.3, 0.4) is 0 Å². The molecule has 2 fully saturated rings. The monoisotopic (exact) mass is 388 g/mol. The Morgan fingerprint density at radius 2 is 2.07 bits per heavy atom. The van der Waals surface area contributed by atoms with Crippen LogP contribution in [0.5, 0.6) is 0 Å². The molecule has 0 bridgehead atoms. The minimum Gasteiger partial charge on any atom is -0.354 e. The molecule has 152 valence electrons. The second-order valence-corrected chi connectivity index (χ2v) is 8.19. The van der Waals surface area contributed by atoms with E-state index in [2.05, 4.69) is 17.6 Å². The fourth-order valence-electron chi connectivity index (χ4n) is 4.07. The number of aryl methyl sites for hydroxylation is 1. The highest BCUT2D eigenvalue weighted by Crippen LogP contribution is 2.28. The van der Waals surface area contributed by atoms with Crippen molar-refractivity contribution in [2.75, 3.05) is 26.2 Å². The van der Waals surface area contributed by atoms with Crippen LogP contribution >= 0.6 is 0 Å². The summed E-state index contributed by atoms with van der Waals surface area (Å²) < 4.78 is 0. The molecular formula is C20H28N4O4. The summed E-state index contributed by atoms with van der Waals surface area (Å²) in [7, 11) is 0. The lowest BCUT2D eigenvalue weighted by Crippen LogP contribution is -2.49. The van der Waals surface area contributed by atoms with Gasteiger partial charge in [0.15, 0.2) is 0 Å². The largest absolute Gasteiger partial charge is 0.354 e. The molecule has 0 saturated carbocycles. The van der Waals surface area contributed by atoms with Gasteiger partial charge in [-0.3, -0.25) is 19.7 Å². The first kappa shape index (κ1) is 20.3. The third-order valence-corrected chi connectivity index (χ3v) is 5.96. The Balaban J connectivity index is 1.66. The second-order valence-electron chi connectivity index (χ2n) is 8.19. The number of benzene rings is 1. The van der Waals surface area contributed by atoms with Crippen LogP contribution in [0.2, 0.25) is 0 Å². The highest BCUT2D eigenvalue weighted by atomic mass is 16.6. The molecule has 2 heterocycles. The average molecular weight is 388 g/mol. The van der Waals surface area contributed by atoms with Gasteiger partial charge in [-0.25, -0.2) is 0 Å². The van der Waals surface area contributed by atoms with Crippen molar-refractivity contribution in [2.24, 2.45) is 5.41 Å². The van der Waals surface area contributed by atoms with Crippen molar-refractivity contribution in [2.45, 2.75) is 45.6 Å². The number of carbonyl (C=O) groups is 2. The van der Waals surface area contributed by atoms with Gasteiger partial charge in [0, 0.05) is 30.3 Å². The van der Waals surface area contributed by atoms with E-state index in [0.29, 0.717) is 30.6 Å². The summed E-state index contributed by atoms with van der Waals surface area (Å²) in [4.78, 5) is 37.8. The van der Waals surface area contributed by atoms with Crippen LogP contribution in [0.15, 0.2) is 18.2 Å². The Bertz CT molecular complexity index is 773. The Morgan fingerprint density at radius 3 is 2.71 bits per heavy atom. The molecule has 2 N–H and O–H groups in total. The van der Waals surface area contributed by atoms with Gasteiger partial charge in [0.25, 0.3) is 11.6 Å². The van der Waals surface area contributed by atoms with E-state index in [4.69, 9.17) is 0 Å². The number of nitrogens with one attached hydrogen (secondary N) is 2. The molecular weight excluding hydrogens is 360 g/mol. The molecule has 1 aromatic carbocycles. The van der Waals surface area contributed by atoms with Gasteiger partial charge in [0.1, 0.15) is 6.04 Å². The first-order valence-electron chi connectivity index (χ1n) is 9.85. The molecule has 1 atom stereocenters. The van der Waals surface area contributed by atoms with Crippen LogP contribution in [0.4, 0.5) is 5.69 Å². The van der Waals surface area contributed by atoms with Crippen LogP contribution in [-0.2, 0) is 4.79 Å². The fraction of sp³-hybridized carbons (Fsp3) is 0.600. The number of nitro benzene ring substituents is 1. The van der Waals surface area contributed by atoms with Gasteiger partial charge in [-0.05, 0) is 63.2 Å². The van der Waals surface area contributed by atoms with E-state index in [0.717, 1.165) is 32.4 Å². The SMILES string of the molecule is Cc1cc(C(=O)N2CCCC2C(=O)NCC2(C)CCNCC2)ccc1[N+](=O)[O-]. The number of nitro groups is 1. The molecule has 0 aliphatic carbocycles. The van der Waals surface area contributed by atoms with Crippen LogP contribution < -0.4 is 10.6 Å². The lowest BCUT2D eigenvalue weighted by Gasteiger charge is -2.35. The number of amides is 2. The van der Waals surface area contributed by atoms with E-state index in [-0.39, 0.29) is 22.9 Å². The normalized spacial score (nSPS) is 21.4. The first-order valence-corrected chi connectivity index (χ1v) is 9.85. The fourth-order valence-corrected chi connectivity index (χ4v) is 4.07. The van der Waals surface area contributed by atoms with Crippen molar-refractivity contribution in [1.29, 1.82) is 0 Å². The van der Waals surface area contributed by atoms with Crippen LogP contribution in [0, 0.1) is 22.5 Å². The lowest BCUT2D eigenvalue weighted by molar-refractivity contribution is -0.385. The predicted molar refractivity (Wildman–Crippen MR) is 105 cm³/mol. The third-order valence-electron chi connectivity index (χ3n) is 5.96. The van der Waals surface area contributed by atoms with Gasteiger partial charge in [0.05, 0.1) is 4.92 Å². The number of nitrogens with zero attached hydrogens (tertiary/aromatic N) is 2. The van der Waals surface area contributed by atoms with E-state index in [1.54, 1.807) is 11.8 Å². The van der Waals surface area contributed by atoms with Crippen molar-refractivity contribution in [3.8, 4) is 0 Å². The average Bonchev–Trinajstić information content (AvgIpc) is 3.15. The number of piperidine rings is 1. The van der Waals surface area contributed by atoms with Crippen LogP contribution in [0.1, 0.15) is 48.5 Å². The smallest absolute Gasteiger partial charge is 0.272 e. The second kappa shape index (κ2) is 8.26. The summed E-state index contributed by atoms with van der Waals surface area (Å²) in [6.45, 7) is 6.85. The molecule has 0 aromatic heterocycles. The van der Waals surface area contributed by atoms with Crippen molar-refractivity contribution in [3.63, 3.8) is 0 Å². The Labute approximate surface area is 164 Å². The Hall–Kier alpha value is -2.48. The van der Waals surface area contributed by atoms with Gasteiger partial charge < -0.3 is 15.5 Å². The minimum atomic E-state index is -0.478. The van der Waals surface area contributed by atoms with Gasteiger partial charge in [0.2, 0.25) is 5.91 Å². The standard InChI is InChI=1S/C20H28N4O4/c1-14-12-15(5-6-16(14)24(27)28)19(26)23-11-3-4-17(23)18(25)22-13-20(2)7-9-21-10-8-20/h5-6,12,17,21H,3-4,7-11,13H2,1-2H3,(H,22,25). The predicted octanol–water partition coefficient (Wildman–Crippen LogP) is 2.01. The molecule has 8 nitrogen and oxygen atoms in total. The zero-order valence-electron chi connectivity index (χ0n) is 16.5. The molecule has 2 saturated heterocycles. The number of hydrogen-bond donors (Lipinski definition) is 2. The molecule has 3 rings (SSSR count). The van der Waals surface area contributed by atoms with Gasteiger partial charge in [-0.15, -0.1) is 0 Å². The first-order chi connectivity index (χ1) is 13.3. The number of hydrogen-bond acceptors (Lipinski definition) is 5.